The number of allylic oxidation sites excluding steroid dienone is 2. The Kier molecular flexibility index (Phi) is 7.42. The van der Waals surface area contributed by atoms with Gasteiger partial charge in [-0.25, -0.2) is 0 Å². The standard InChI is InChI=1S/C37H62N2O2/c1-32(2)17-19-37(31(41)38-21-24-39-22-9-8-10-23-39)20-18-35(6)26(27(37)25-32)11-12-29-34(5)15-14-30(40)33(3,4)28(34)13-16-36(29,35)7/h11,27-30,40H,8-10,12-25H2,1-7H3,(H,38,41)/t27?,28-,29+,30-,34-,35+,36+,37-/m0/s1. The van der Waals surface area contributed by atoms with Gasteiger partial charge in [-0.2, -0.15) is 0 Å². The van der Waals surface area contributed by atoms with E-state index in [1.54, 1.807) is 5.57 Å². The van der Waals surface area contributed by atoms with E-state index in [0.717, 1.165) is 64.5 Å². The van der Waals surface area contributed by atoms with Gasteiger partial charge in [-0.05, 0) is 135 Å². The van der Waals surface area contributed by atoms with E-state index in [0.29, 0.717) is 23.7 Å². The molecular weight excluding hydrogens is 504 g/mol. The number of likely N-dealkylation sites (tertiary alicyclic amines) is 1. The molecule has 1 aliphatic heterocycles. The zero-order chi connectivity index (χ0) is 29.5. The van der Waals surface area contributed by atoms with Gasteiger partial charge < -0.3 is 15.3 Å². The summed E-state index contributed by atoms with van der Waals surface area (Å²) in [6, 6.07) is 0. The molecule has 6 rings (SSSR count). The van der Waals surface area contributed by atoms with Crippen LogP contribution in [0.1, 0.15) is 132 Å². The number of piperidine rings is 1. The molecule has 2 N–H and O–H groups in total. The fraction of sp³-hybridized carbons (Fsp3) is 0.919. The molecule has 232 valence electrons. The van der Waals surface area contributed by atoms with Crippen molar-refractivity contribution in [3.8, 4) is 0 Å². The summed E-state index contributed by atoms with van der Waals surface area (Å²) in [4.78, 5) is 16.9. The predicted molar refractivity (Wildman–Crippen MR) is 168 cm³/mol. The molecule has 8 atom stereocenters. The lowest BCUT2D eigenvalue weighted by molar-refractivity contribution is -0.203. The fourth-order valence-corrected chi connectivity index (χ4v) is 12.3. The first kappa shape index (κ1) is 30.2. The minimum Gasteiger partial charge on any atom is -0.393 e. The van der Waals surface area contributed by atoms with Gasteiger partial charge in [-0.1, -0.05) is 66.5 Å². The van der Waals surface area contributed by atoms with Gasteiger partial charge in [-0.3, -0.25) is 4.79 Å². The van der Waals surface area contributed by atoms with Crippen LogP contribution in [0.5, 0.6) is 0 Å². The Balaban J connectivity index is 1.30. The van der Waals surface area contributed by atoms with E-state index < -0.39 is 0 Å². The number of hydrogen-bond donors (Lipinski definition) is 2. The van der Waals surface area contributed by atoms with Crippen LogP contribution in [0.15, 0.2) is 11.6 Å². The number of aliphatic hydroxyl groups excluding tert-OH is 1. The first-order chi connectivity index (χ1) is 19.2. The Bertz CT molecular complexity index is 1060. The minimum absolute atomic E-state index is 0.0133. The number of amides is 1. The highest BCUT2D eigenvalue weighted by Crippen LogP contribution is 2.75. The molecule has 4 nitrogen and oxygen atoms in total. The van der Waals surface area contributed by atoms with E-state index in [-0.39, 0.29) is 38.6 Å². The largest absolute Gasteiger partial charge is 0.393 e. The Morgan fingerprint density at radius 1 is 0.902 bits per heavy atom. The molecule has 4 heteroatoms. The summed E-state index contributed by atoms with van der Waals surface area (Å²) in [5, 5.41) is 14.5. The van der Waals surface area contributed by atoms with Crippen molar-refractivity contribution in [2.45, 2.75) is 138 Å². The summed E-state index contributed by atoms with van der Waals surface area (Å²) in [7, 11) is 0. The maximum Gasteiger partial charge on any atom is 0.226 e. The molecular formula is C37H62N2O2. The number of hydrogen-bond acceptors (Lipinski definition) is 3. The zero-order valence-corrected chi connectivity index (χ0v) is 27.7. The summed E-state index contributed by atoms with van der Waals surface area (Å²) in [5.74, 6) is 1.96. The van der Waals surface area contributed by atoms with Gasteiger partial charge in [0.25, 0.3) is 0 Å². The summed E-state index contributed by atoms with van der Waals surface area (Å²) >= 11 is 0. The molecule has 1 amide bonds. The normalized spacial score (nSPS) is 47.2. The molecule has 6 aliphatic rings. The van der Waals surface area contributed by atoms with Crippen LogP contribution < -0.4 is 5.32 Å². The first-order valence-electron chi connectivity index (χ1n) is 17.6. The predicted octanol–water partition coefficient (Wildman–Crippen LogP) is 7.75. The summed E-state index contributed by atoms with van der Waals surface area (Å²) < 4.78 is 0. The van der Waals surface area contributed by atoms with Gasteiger partial charge in [0.15, 0.2) is 0 Å². The monoisotopic (exact) mass is 566 g/mol. The molecule has 0 spiro atoms. The van der Waals surface area contributed by atoms with Gasteiger partial charge in [-0.15, -0.1) is 0 Å². The number of nitrogens with one attached hydrogen (secondary N) is 1. The second-order valence-corrected chi connectivity index (χ2v) is 17.9. The highest BCUT2D eigenvalue weighted by atomic mass is 16.3. The number of fused-ring (bicyclic) bond motifs is 7. The van der Waals surface area contributed by atoms with E-state index in [4.69, 9.17) is 0 Å². The molecule has 4 saturated carbocycles. The second kappa shape index (κ2) is 10.1. The number of rotatable bonds is 4. The number of carbonyl (C=O) groups is 1. The van der Waals surface area contributed by atoms with Crippen LogP contribution in [-0.4, -0.2) is 48.2 Å². The van der Waals surface area contributed by atoms with Crippen molar-refractivity contribution in [1.29, 1.82) is 0 Å². The van der Waals surface area contributed by atoms with E-state index in [1.807, 2.05) is 0 Å². The smallest absolute Gasteiger partial charge is 0.226 e. The Morgan fingerprint density at radius 3 is 2.34 bits per heavy atom. The Hall–Kier alpha value is -0.870. The van der Waals surface area contributed by atoms with Crippen LogP contribution >= 0.6 is 0 Å². The molecule has 1 unspecified atom stereocenters. The van der Waals surface area contributed by atoms with Gasteiger partial charge in [0.05, 0.1) is 11.5 Å². The van der Waals surface area contributed by atoms with E-state index in [9.17, 15) is 9.90 Å². The molecule has 0 bridgehead atoms. The van der Waals surface area contributed by atoms with Crippen molar-refractivity contribution >= 4 is 5.91 Å². The number of nitrogens with zero attached hydrogens (tertiary/aromatic N) is 1. The lowest BCUT2D eigenvalue weighted by Gasteiger charge is -2.71. The highest BCUT2D eigenvalue weighted by molar-refractivity contribution is 5.84. The van der Waals surface area contributed by atoms with E-state index in [1.165, 1.54) is 45.2 Å². The average Bonchev–Trinajstić information content (AvgIpc) is 2.91. The van der Waals surface area contributed by atoms with Crippen molar-refractivity contribution in [3.63, 3.8) is 0 Å². The molecule has 0 aromatic heterocycles. The molecule has 41 heavy (non-hydrogen) atoms. The zero-order valence-electron chi connectivity index (χ0n) is 27.7. The fourth-order valence-electron chi connectivity index (χ4n) is 12.3. The third-order valence-corrected chi connectivity index (χ3v) is 15.2. The number of carbonyl (C=O) groups excluding carboxylic acids is 1. The van der Waals surface area contributed by atoms with Crippen LogP contribution in [0.25, 0.3) is 0 Å². The summed E-state index contributed by atoms with van der Waals surface area (Å²) in [5.41, 5.74) is 2.38. The van der Waals surface area contributed by atoms with Crippen molar-refractivity contribution in [3.05, 3.63) is 11.6 Å². The van der Waals surface area contributed by atoms with Crippen LogP contribution in [0.4, 0.5) is 0 Å². The van der Waals surface area contributed by atoms with Gasteiger partial charge in [0, 0.05) is 13.1 Å². The first-order valence-corrected chi connectivity index (χ1v) is 17.6. The quantitative estimate of drug-likeness (QED) is 0.342. The molecule has 5 fully saturated rings. The molecule has 1 saturated heterocycles. The minimum atomic E-state index is -0.232. The van der Waals surface area contributed by atoms with Crippen LogP contribution in [0.2, 0.25) is 0 Å². The number of aliphatic hydroxyl groups is 1. The third kappa shape index (κ3) is 4.45. The van der Waals surface area contributed by atoms with Crippen molar-refractivity contribution < 1.29 is 9.90 Å². The maximum absolute atomic E-state index is 14.3. The van der Waals surface area contributed by atoms with Crippen LogP contribution in [0, 0.1) is 50.2 Å². The summed E-state index contributed by atoms with van der Waals surface area (Å²) in [6.07, 6.45) is 17.8. The van der Waals surface area contributed by atoms with Crippen molar-refractivity contribution in [2.75, 3.05) is 26.2 Å². The maximum atomic E-state index is 14.3. The van der Waals surface area contributed by atoms with Gasteiger partial charge in [0.1, 0.15) is 0 Å². The molecule has 0 aromatic rings. The molecule has 1 heterocycles. The van der Waals surface area contributed by atoms with Gasteiger partial charge in [0.2, 0.25) is 5.91 Å². The van der Waals surface area contributed by atoms with Crippen LogP contribution in [-0.2, 0) is 4.79 Å². The van der Waals surface area contributed by atoms with Gasteiger partial charge >= 0.3 is 0 Å². The van der Waals surface area contributed by atoms with Crippen molar-refractivity contribution in [1.82, 2.24) is 10.2 Å². The van der Waals surface area contributed by atoms with Crippen LogP contribution in [0.3, 0.4) is 0 Å². The highest BCUT2D eigenvalue weighted by Gasteiger charge is 2.69. The summed E-state index contributed by atoms with van der Waals surface area (Å²) in [6.45, 7) is 21.7. The topological polar surface area (TPSA) is 52.6 Å². The average molecular weight is 567 g/mol. The lowest BCUT2D eigenvalue weighted by atomic mass is 9.33. The molecule has 5 aliphatic carbocycles. The molecule has 0 aromatic carbocycles. The lowest BCUT2D eigenvalue weighted by Crippen LogP contribution is -2.65. The van der Waals surface area contributed by atoms with E-state index in [2.05, 4.69) is 64.8 Å². The van der Waals surface area contributed by atoms with Crippen molar-refractivity contribution in [2.24, 2.45) is 50.2 Å². The van der Waals surface area contributed by atoms with E-state index >= 15 is 0 Å². The third-order valence-electron chi connectivity index (χ3n) is 15.2. The Labute approximate surface area is 251 Å². The SMILES string of the molecule is CC1(C)CC[C@]2(C(=O)NCCN3CCCCC3)CC[C@]3(C)C(=CC[C@@H]4[C@@]5(C)CC[C@H](O)C(C)(C)[C@@H]5CC[C@]43C)C2C1. The Morgan fingerprint density at radius 2 is 1.61 bits per heavy atom. The molecule has 0 radical (unpaired) electrons. The second-order valence-electron chi connectivity index (χ2n) is 17.9.